The number of halogens is 2. The van der Waals surface area contributed by atoms with Crippen LogP contribution >= 0.6 is 23.2 Å². The molecule has 0 heterocycles. The second kappa shape index (κ2) is 8.30. The highest BCUT2D eigenvalue weighted by atomic mass is 35.5. The summed E-state index contributed by atoms with van der Waals surface area (Å²) in [6, 6.07) is 24.0. The molecule has 3 aromatic carbocycles. The molecule has 0 spiro atoms. The van der Waals surface area contributed by atoms with Crippen molar-refractivity contribution >= 4 is 29.0 Å². The molecule has 0 aliphatic carbocycles. The summed E-state index contributed by atoms with van der Waals surface area (Å²) in [5, 5.41) is 4.34. The van der Waals surface area contributed by atoms with Gasteiger partial charge in [-0.15, -0.1) is 0 Å². The van der Waals surface area contributed by atoms with Gasteiger partial charge in [-0.1, -0.05) is 96.0 Å². The van der Waals surface area contributed by atoms with E-state index >= 15 is 0 Å². The Kier molecular flexibility index (Phi) is 5.87. The Morgan fingerprint density at radius 3 is 2.16 bits per heavy atom. The number of carbonyl (C=O) groups excluding carboxylic acids is 1. The zero-order chi connectivity index (χ0) is 17.6. The van der Waals surface area contributed by atoms with Crippen molar-refractivity contribution in [2.45, 2.75) is 12.6 Å². The Morgan fingerprint density at radius 1 is 0.840 bits per heavy atom. The van der Waals surface area contributed by atoms with Gasteiger partial charge in [0.2, 0.25) is 0 Å². The third-order valence-electron chi connectivity index (χ3n) is 3.98. The van der Waals surface area contributed by atoms with Gasteiger partial charge in [0.05, 0.1) is 16.1 Å². The molecule has 0 fully saturated rings. The van der Waals surface area contributed by atoms with Gasteiger partial charge < -0.3 is 0 Å². The molecule has 0 aromatic heterocycles. The number of hydrogen-bond donors (Lipinski definition) is 1. The number of carbonyl (C=O) groups is 1. The first kappa shape index (κ1) is 17.7. The number of nitrogens with one attached hydrogen (secondary N) is 1. The predicted octanol–water partition coefficient (Wildman–Crippen LogP) is 5.71. The van der Waals surface area contributed by atoms with Crippen LogP contribution in [0, 0.1) is 0 Å². The molecule has 25 heavy (non-hydrogen) atoms. The molecule has 126 valence electrons. The molecule has 3 rings (SSSR count). The van der Waals surface area contributed by atoms with E-state index in [0.717, 1.165) is 11.1 Å². The fourth-order valence-corrected chi connectivity index (χ4v) is 3.06. The first-order chi connectivity index (χ1) is 12.2. The Bertz CT molecular complexity index is 850. The van der Waals surface area contributed by atoms with E-state index in [1.165, 1.54) is 0 Å². The minimum atomic E-state index is -0.460. The van der Waals surface area contributed by atoms with Crippen molar-refractivity contribution in [1.29, 1.82) is 0 Å². The summed E-state index contributed by atoms with van der Waals surface area (Å²) in [5.41, 5.74) is 2.44. The van der Waals surface area contributed by atoms with E-state index in [1.54, 1.807) is 6.07 Å². The Morgan fingerprint density at radius 2 is 1.48 bits per heavy atom. The van der Waals surface area contributed by atoms with Crippen LogP contribution < -0.4 is 5.32 Å². The summed E-state index contributed by atoms with van der Waals surface area (Å²) >= 11 is 12.3. The topological polar surface area (TPSA) is 29.1 Å². The van der Waals surface area contributed by atoms with Crippen molar-refractivity contribution in [3.63, 3.8) is 0 Å². The molecule has 3 aromatic rings. The van der Waals surface area contributed by atoms with Gasteiger partial charge in [0.25, 0.3) is 0 Å². The van der Waals surface area contributed by atoms with Crippen molar-refractivity contribution in [1.82, 2.24) is 5.32 Å². The lowest BCUT2D eigenvalue weighted by molar-refractivity contribution is 0.0942. The SMILES string of the molecule is O=C(c1ccccc1)C(NCc1cccc(Cl)c1Cl)c1ccccc1. The second-order valence-corrected chi connectivity index (χ2v) is 6.45. The van der Waals surface area contributed by atoms with Crippen LogP contribution in [0.5, 0.6) is 0 Å². The van der Waals surface area contributed by atoms with Crippen molar-refractivity contribution in [2.24, 2.45) is 0 Å². The van der Waals surface area contributed by atoms with E-state index in [0.29, 0.717) is 22.2 Å². The van der Waals surface area contributed by atoms with Crippen molar-refractivity contribution < 1.29 is 4.79 Å². The van der Waals surface area contributed by atoms with Crippen LogP contribution in [0.25, 0.3) is 0 Å². The maximum absolute atomic E-state index is 13.0. The highest BCUT2D eigenvalue weighted by Gasteiger charge is 2.21. The summed E-state index contributed by atoms with van der Waals surface area (Å²) in [6.07, 6.45) is 0. The lowest BCUT2D eigenvalue weighted by Crippen LogP contribution is -2.28. The number of benzene rings is 3. The Labute approximate surface area is 157 Å². The first-order valence-electron chi connectivity index (χ1n) is 7.97. The van der Waals surface area contributed by atoms with Gasteiger partial charge in [-0.25, -0.2) is 0 Å². The van der Waals surface area contributed by atoms with Crippen LogP contribution in [0.3, 0.4) is 0 Å². The van der Waals surface area contributed by atoms with Crippen LogP contribution in [-0.4, -0.2) is 5.78 Å². The standard InChI is InChI=1S/C21H17Cl2NO/c22-18-13-7-12-17(19(18)23)14-24-20(15-8-3-1-4-9-15)21(25)16-10-5-2-6-11-16/h1-13,20,24H,14H2. The molecule has 4 heteroatoms. The van der Waals surface area contributed by atoms with Crippen LogP contribution in [0.4, 0.5) is 0 Å². The molecular formula is C21H17Cl2NO. The van der Waals surface area contributed by atoms with E-state index in [4.69, 9.17) is 23.2 Å². The molecule has 1 N–H and O–H groups in total. The molecular weight excluding hydrogens is 353 g/mol. The number of hydrogen-bond acceptors (Lipinski definition) is 2. The molecule has 1 unspecified atom stereocenters. The van der Waals surface area contributed by atoms with E-state index < -0.39 is 6.04 Å². The number of rotatable bonds is 6. The molecule has 0 aliphatic rings. The van der Waals surface area contributed by atoms with Gasteiger partial charge in [0.1, 0.15) is 0 Å². The molecule has 0 saturated heterocycles. The van der Waals surface area contributed by atoms with Crippen LogP contribution in [-0.2, 0) is 6.54 Å². The maximum atomic E-state index is 13.0. The van der Waals surface area contributed by atoms with Crippen LogP contribution in [0.2, 0.25) is 10.0 Å². The van der Waals surface area contributed by atoms with Crippen LogP contribution in [0.15, 0.2) is 78.9 Å². The fraction of sp³-hybridized carbons (Fsp3) is 0.0952. The van der Waals surface area contributed by atoms with Gasteiger partial charge in [-0.05, 0) is 17.2 Å². The van der Waals surface area contributed by atoms with Gasteiger partial charge >= 0.3 is 0 Å². The molecule has 0 aliphatic heterocycles. The summed E-state index contributed by atoms with van der Waals surface area (Å²) < 4.78 is 0. The molecule has 0 saturated carbocycles. The summed E-state index contributed by atoms with van der Waals surface area (Å²) in [5.74, 6) is 0.0185. The van der Waals surface area contributed by atoms with Crippen molar-refractivity contribution in [2.75, 3.05) is 0 Å². The van der Waals surface area contributed by atoms with Gasteiger partial charge in [0, 0.05) is 12.1 Å². The second-order valence-electron chi connectivity index (χ2n) is 5.67. The van der Waals surface area contributed by atoms with Crippen molar-refractivity contribution in [3.8, 4) is 0 Å². The Hall–Kier alpha value is -2.13. The third kappa shape index (κ3) is 4.29. The summed E-state index contributed by atoms with van der Waals surface area (Å²) in [6.45, 7) is 0.442. The van der Waals surface area contributed by atoms with E-state index in [2.05, 4.69) is 5.32 Å². The molecule has 1 atom stereocenters. The molecule has 2 nitrogen and oxygen atoms in total. The maximum Gasteiger partial charge on any atom is 0.184 e. The van der Waals surface area contributed by atoms with Gasteiger partial charge in [0.15, 0.2) is 5.78 Å². The normalized spacial score (nSPS) is 11.9. The zero-order valence-corrected chi connectivity index (χ0v) is 15.0. The van der Waals surface area contributed by atoms with E-state index in [1.807, 2.05) is 72.8 Å². The quantitative estimate of drug-likeness (QED) is 0.564. The lowest BCUT2D eigenvalue weighted by atomic mass is 9.97. The highest BCUT2D eigenvalue weighted by molar-refractivity contribution is 6.42. The Balaban J connectivity index is 1.87. The molecule has 0 amide bonds. The lowest BCUT2D eigenvalue weighted by Gasteiger charge is -2.19. The zero-order valence-electron chi connectivity index (χ0n) is 13.5. The predicted molar refractivity (Wildman–Crippen MR) is 103 cm³/mol. The minimum absolute atomic E-state index is 0.0185. The van der Waals surface area contributed by atoms with Crippen molar-refractivity contribution in [3.05, 3.63) is 106 Å². The first-order valence-corrected chi connectivity index (χ1v) is 8.73. The highest BCUT2D eigenvalue weighted by Crippen LogP contribution is 2.26. The third-order valence-corrected chi connectivity index (χ3v) is 4.84. The molecule has 0 bridgehead atoms. The molecule has 0 radical (unpaired) electrons. The fourth-order valence-electron chi connectivity index (χ4n) is 2.67. The average Bonchev–Trinajstić information content (AvgIpc) is 2.66. The summed E-state index contributed by atoms with van der Waals surface area (Å²) in [4.78, 5) is 13.0. The minimum Gasteiger partial charge on any atom is -0.299 e. The number of ketones is 1. The largest absolute Gasteiger partial charge is 0.299 e. The smallest absolute Gasteiger partial charge is 0.184 e. The van der Waals surface area contributed by atoms with Gasteiger partial charge in [-0.2, -0.15) is 0 Å². The monoisotopic (exact) mass is 369 g/mol. The van der Waals surface area contributed by atoms with E-state index in [9.17, 15) is 4.79 Å². The summed E-state index contributed by atoms with van der Waals surface area (Å²) in [7, 11) is 0. The van der Waals surface area contributed by atoms with Crippen LogP contribution in [0.1, 0.15) is 27.5 Å². The number of Topliss-reactive ketones (excluding diaryl/α,β-unsaturated/α-hetero) is 1. The van der Waals surface area contributed by atoms with Gasteiger partial charge in [-0.3, -0.25) is 10.1 Å². The average molecular weight is 370 g/mol. The van der Waals surface area contributed by atoms with E-state index in [-0.39, 0.29) is 5.78 Å².